The number of amides is 1. The summed E-state index contributed by atoms with van der Waals surface area (Å²) in [6, 6.07) is 15.5. The fourth-order valence-electron chi connectivity index (χ4n) is 3.74. The number of hydrogen-bond acceptors (Lipinski definition) is 5. The highest BCUT2D eigenvalue weighted by Gasteiger charge is 2.16. The van der Waals surface area contributed by atoms with Crippen LogP contribution >= 0.6 is 0 Å². The van der Waals surface area contributed by atoms with E-state index in [9.17, 15) is 4.79 Å². The van der Waals surface area contributed by atoms with Crippen molar-refractivity contribution in [3.05, 3.63) is 71.4 Å². The lowest BCUT2D eigenvalue weighted by Gasteiger charge is -2.21. The fraction of sp³-hybridized carbons (Fsp3) is 0.346. The zero-order valence-corrected chi connectivity index (χ0v) is 18.8. The quantitative estimate of drug-likeness (QED) is 0.579. The van der Waals surface area contributed by atoms with Crippen molar-refractivity contribution in [3.63, 3.8) is 0 Å². The van der Waals surface area contributed by atoms with E-state index >= 15 is 0 Å². The number of nitrogens with zero attached hydrogens (tertiary/aromatic N) is 3. The second-order valence-electron chi connectivity index (χ2n) is 8.06. The van der Waals surface area contributed by atoms with Gasteiger partial charge in [0, 0.05) is 17.7 Å². The lowest BCUT2D eigenvalue weighted by Crippen LogP contribution is -2.24. The van der Waals surface area contributed by atoms with Gasteiger partial charge in [0.15, 0.2) is 0 Å². The molecule has 7 nitrogen and oxygen atoms in total. The molecule has 0 spiro atoms. The van der Waals surface area contributed by atoms with E-state index in [4.69, 9.17) is 9.47 Å². The molecule has 7 heteroatoms. The molecule has 1 unspecified atom stereocenters. The molecule has 1 aliphatic rings. The molecule has 1 saturated heterocycles. The first-order valence-electron chi connectivity index (χ1n) is 11.2. The molecular formula is C26H28N4O3. The Hall–Kier alpha value is -3.63. The SMILES string of the molecule is Cc1cc(C#CCNC(=O)OCc2ccccc2)ccc1-c1cn(CC2CCCCO2)nn1. The first kappa shape index (κ1) is 22.6. The number of aryl methyl sites for hydroxylation is 1. The van der Waals surface area contributed by atoms with Crippen LogP contribution in [0.4, 0.5) is 4.79 Å². The smallest absolute Gasteiger partial charge is 0.408 e. The zero-order valence-electron chi connectivity index (χ0n) is 18.8. The Balaban J connectivity index is 1.27. The van der Waals surface area contributed by atoms with E-state index in [0.717, 1.165) is 53.9 Å². The predicted molar refractivity (Wildman–Crippen MR) is 125 cm³/mol. The number of aromatic nitrogens is 3. The summed E-state index contributed by atoms with van der Waals surface area (Å²) in [5, 5.41) is 11.3. The molecule has 0 saturated carbocycles. The molecule has 0 radical (unpaired) electrons. The van der Waals surface area contributed by atoms with Gasteiger partial charge >= 0.3 is 6.09 Å². The summed E-state index contributed by atoms with van der Waals surface area (Å²) in [6.07, 6.45) is 5.12. The number of alkyl carbamates (subject to hydrolysis) is 1. The standard InChI is InChI=1S/C26H28N4O3/c1-20-16-21(10-7-14-27-26(31)33-19-22-8-3-2-4-9-22)12-13-24(20)25-18-30(29-28-25)17-23-11-5-6-15-32-23/h2-4,8-9,12-13,16,18,23H,5-6,11,14-15,17,19H2,1H3,(H,27,31). The van der Waals surface area contributed by atoms with Crippen LogP contribution in [0.1, 0.15) is 36.0 Å². The van der Waals surface area contributed by atoms with Crippen LogP contribution in [-0.2, 0) is 22.6 Å². The molecule has 33 heavy (non-hydrogen) atoms. The molecule has 2 heterocycles. The predicted octanol–water partition coefficient (Wildman–Crippen LogP) is 4.10. The van der Waals surface area contributed by atoms with Crippen LogP contribution in [0.3, 0.4) is 0 Å². The number of hydrogen-bond donors (Lipinski definition) is 1. The Labute approximate surface area is 194 Å². The molecule has 1 atom stereocenters. The van der Waals surface area contributed by atoms with Crippen LogP contribution in [-0.4, -0.2) is 40.3 Å². The van der Waals surface area contributed by atoms with Gasteiger partial charge < -0.3 is 14.8 Å². The topological polar surface area (TPSA) is 78.3 Å². The van der Waals surface area contributed by atoms with Gasteiger partial charge in [0.05, 0.1) is 25.4 Å². The van der Waals surface area contributed by atoms with Crippen molar-refractivity contribution in [3.8, 4) is 23.1 Å². The van der Waals surface area contributed by atoms with Crippen molar-refractivity contribution in [1.82, 2.24) is 20.3 Å². The molecule has 1 N–H and O–H groups in total. The van der Waals surface area contributed by atoms with Gasteiger partial charge in [-0.25, -0.2) is 9.48 Å². The summed E-state index contributed by atoms with van der Waals surface area (Å²) >= 11 is 0. The molecule has 3 aromatic rings. The van der Waals surface area contributed by atoms with Crippen molar-refractivity contribution >= 4 is 6.09 Å². The average Bonchev–Trinajstić information content (AvgIpc) is 3.30. The third-order valence-corrected chi connectivity index (χ3v) is 5.47. The Morgan fingerprint density at radius 1 is 1.24 bits per heavy atom. The molecule has 1 aromatic heterocycles. The Bertz CT molecular complexity index is 1130. The monoisotopic (exact) mass is 444 g/mol. The number of carbonyl (C=O) groups is 1. The highest BCUT2D eigenvalue weighted by atomic mass is 16.5. The second-order valence-corrected chi connectivity index (χ2v) is 8.06. The molecule has 4 rings (SSSR count). The van der Waals surface area contributed by atoms with E-state index < -0.39 is 6.09 Å². The van der Waals surface area contributed by atoms with E-state index in [0.29, 0.717) is 0 Å². The molecule has 0 bridgehead atoms. The largest absolute Gasteiger partial charge is 0.445 e. The highest BCUT2D eigenvalue weighted by Crippen LogP contribution is 2.22. The lowest BCUT2D eigenvalue weighted by atomic mass is 10.0. The number of benzene rings is 2. The minimum Gasteiger partial charge on any atom is -0.445 e. The zero-order chi connectivity index (χ0) is 22.9. The van der Waals surface area contributed by atoms with Crippen LogP contribution in [0.15, 0.2) is 54.7 Å². The molecule has 1 amide bonds. The summed E-state index contributed by atoms with van der Waals surface area (Å²) in [5.41, 5.74) is 4.75. The average molecular weight is 445 g/mol. The number of nitrogens with one attached hydrogen (secondary N) is 1. The normalized spacial score (nSPS) is 15.4. The lowest BCUT2D eigenvalue weighted by molar-refractivity contribution is 0.00370. The summed E-state index contributed by atoms with van der Waals surface area (Å²) < 4.78 is 12.8. The Morgan fingerprint density at radius 2 is 2.12 bits per heavy atom. The third kappa shape index (κ3) is 6.67. The maximum Gasteiger partial charge on any atom is 0.408 e. The van der Waals surface area contributed by atoms with Gasteiger partial charge in [-0.05, 0) is 49.4 Å². The van der Waals surface area contributed by atoms with Gasteiger partial charge in [0.25, 0.3) is 0 Å². The van der Waals surface area contributed by atoms with Crippen LogP contribution in [0.5, 0.6) is 0 Å². The van der Waals surface area contributed by atoms with Crippen LogP contribution in [0, 0.1) is 18.8 Å². The van der Waals surface area contributed by atoms with Crippen LogP contribution in [0.2, 0.25) is 0 Å². The minimum absolute atomic E-state index is 0.214. The van der Waals surface area contributed by atoms with E-state index in [1.807, 2.05) is 66.3 Å². The van der Waals surface area contributed by atoms with E-state index in [-0.39, 0.29) is 19.3 Å². The van der Waals surface area contributed by atoms with Crippen molar-refractivity contribution in [2.45, 2.75) is 45.4 Å². The van der Waals surface area contributed by atoms with Crippen molar-refractivity contribution in [2.24, 2.45) is 0 Å². The Kier molecular flexibility index (Phi) is 7.72. The molecule has 1 fully saturated rings. The summed E-state index contributed by atoms with van der Waals surface area (Å²) in [4.78, 5) is 11.8. The fourth-order valence-corrected chi connectivity index (χ4v) is 3.74. The first-order valence-corrected chi connectivity index (χ1v) is 11.2. The van der Waals surface area contributed by atoms with Crippen LogP contribution < -0.4 is 5.32 Å². The van der Waals surface area contributed by atoms with Crippen molar-refractivity contribution in [2.75, 3.05) is 13.2 Å². The van der Waals surface area contributed by atoms with Crippen LogP contribution in [0.25, 0.3) is 11.3 Å². The van der Waals surface area contributed by atoms with Gasteiger partial charge in [-0.2, -0.15) is 0 Å². The first-order chi connectivity index (χ1) is 16.2. The molecule has 1 aliphatic heterocycles. The molecule has 170 valence electrons. The number of rotatable bonds is 6. The highest BCUT2D eigenvalue weighted by molar-refractivity contribution is 5.67. The maximum absolute atomic E-state index is 11.8. The van der Waals surface area contributed by atoms with Crippen molar-refractivity contribution in [1.29, 1.82) is 0 Å². The van der Waals surface area contributed by atoms with E-state index in [1.165, 1.54) is 6.42 Å². The van der Waals surface area contributed by atoms with Gasteiger partial charge in [-0.3, -0.25) is 0 Å². The number of ether oxygens (including phenoxy) is 2. The third-order valence-electron chi connectivity index (χ3n) is 5.47. The van der Waals surface area contributed by atoms with E-state index in [1.54, 1.807) is 0 Å². The molecular weight excluding hydrogens is 416 g/mol. The minimum atomic E-state index is -0.485. The molecule has 0 aliphatic carbocycles. The number of carbonyl (C=O) groups excluding carboxylic acids is 1. The summed E-state index contributed by atoms with van der Waals surface area (Å²) in [7, 11) is 0. The van der Waals surface area contributed by atoms with Gasteiger partial charge in [-0.15, -0.1) is 5.10 Å². The van der Waals surface area contributed by atoms with Gasteiger partial charge in [0.1, 0.15) is 12.3 Å². The second kappa shape index (κ2) is 11.3. The maximum atomic E-state index is 11.8. The molecule has 2 aromatic carbocycles. The Morgan fingerprint density at radius 3 is 2.91 bits per heavy atom. The van der Waals surface area contributed by atoms with Gasteiger partial charge in [0.2, 0.25) is 0 Å². The van der Waals surface area contributed by atoms with Crippen molar-refractivity contribution < 1.29 is 14.3 Å². The summed E-state index contributed by atoms with van der Waals surface area (Å²) in [5.74, 6) is 6.03. The summed E-state index contributed by atoms with van der Waals surface area (Å²) in [6.45, 7) is 4.04. The van der Waals surface area contributed by atoms with Gasteiger partial charge in [-0.1, -0.05) is 53.5 Å². The van der Waals surface area contributed by atoms with E-state index in [2.05, 4.69) is 27.5 Å².